The smallest absolute Gasteiger partial charge is 0.141 e. The summed E-state index contributed by atoms with van der Waals surface area (Å²) in [6, 6.07) is 15.8. The van der Waals surface area contributed by atoms with E-state index in [1.165, 1.54) is 0 Å². The molecule has 1 aromatic carbocycles. The maximum absolute atomic E-state index is 6.10. The summed E-state index contributed by atoms with van der Waals surface area (Å²) in [5.41, 5.74) is 14.8. The summed E-state index contributed by atoms with van der Waals surface area (Å²) in [5.74, 6) is 1.96. The lowest BCUT2D eigenvalue weighted by Crippen LogP contribution is -2.12. The van der Waals surface area contributed by atoms with Crippen molar-refractivity contribution < 1.29 is 0 Å². The number of aromatic amines is 1. The monoisotopic (exact) mass is 456 g/mol. The number of nitrogens with zero attached hydrogens (tertiary/aromatic N) is 3. The van der Waals surface area contributed by atoms with Gasteiger partial charge in [-0.05, 0) is 35.0 Å². The number of benzene rings is 1. The number of amidine groups is 2. The Hall–Kier alpha value is -2.94. The molecule has 30 heavy (non-hydrogen) atoms. The topological polar surface area (TPSA) is 105 Å². The molecule has 3 heterocycles. The SMILES string of the molecule is Cl.NC(=NCCc1ncc(-c2cccc(N=C(N)c3cccs3)c2)[nH]1)c1cccs1. The summed E-state index contributed by atoms with van der Waals surface area (Å²) in [5, 5.41) is 3.97. The lowest BCUT2D eigenvalue weighted by Gasteiger charge is -2.02. The zero-order chi connectivity index (χ0) is 20.1. The highest BCUT2D eigenvalue weighted by atomic mass is 35.5. The molecular weight excluding hydrogens is 436 g/mol. The molecule has 3 aromatic heterocycles. The molecule has 0 atom stereocenters. The Balaban J connectivity index is 0.00000256. The number of nitrogens with one attached hydrogen (secondary N) is 1. The summed E-state index contributed by atoms with van der Waals surface area (Å²) in [7, 11) is 0. The minimum atomic E-state index is 0. The molecule has 154 valence electrons. The van der Waals surface area contributed by atoms with Gasteiger partial charge in [0.1, 0.15) is 17.5 Å². The normalized spacial score (nSPS) is 12.0. The van der Waals surface area contributed by atoms with Crippen LogP contribution in [-0.4, -0.2) is 28.2 Å². The quantitative estimate of drug-likeness (QED) is 0.279. The summed E-state index contributed by atoms with van der Waals surface area (Å²) in [6.45, 7) is 0.582. The van der Waals surface area contributed by atoms with E-state index in [9.17, 15) is 0 Å². The van der Waals surface area contributed by atoms with Gasteiger partial charge in [0.15, 0.2) is 0 Å². The minimum Gasteiger partial charge on any atom is -0.383 e. The van der Waals surface area contributed by atoms with Crippen molar-refractivity contribution in [2.75, 3.05) is 6.54 Å². The molecule has 0 saturated heterocycles. The third-order valence-electron chi connectivity index (χ3n) is 4.21. The van der Waals surface area contributed by atoms with Gasteiger partial charge < -0.3 is 16.5 Å². The average Bonchev–Trinajstić information content (AvgIpc) is 3.50. The number of hydrogen-bond donors (Lipinski definition) is 3. The second-order valence-corrected chi connectivity index (χ2v) is 8.16. The van der Waals surface area contributed by atoms with E-state index in [0.717, 1.165) is 32.5 Å². The third-order valence-corrected chi connectivity index (χ3v) is 6.00. The van der Waals surface area contributed by atoms with Gasteiger partial charge in [0.05, 0.1) is 27.3 Å². The van der Waals surface area contributed by atoms with E-state index in [1.807, 2.05) is 65.5 Å². The average molecular weight is 457 g/mol. The zero-order valence-corrected chi connectivity index (χ0v) is 18.4. The fourth-order valence-electron chi connectivity index (χ4n) is 2.78. The molecule has 0 aliphatic carbocycles. The van der Waals surface area contributed by atoms with Crippen molar-refractivity contribution in [2.45, 2.75) is 6.42 Å². The molecule has 0 bridgehead atoms. The van der Waals surface area contributed by atoms with E-state index in [2.05, 4.69) is 20.0 Å². The van der Waals surface area contributed by atoms with Crippen LogP contribution in [0.1, 0.15) is 15.6 Å². The van der Waals surface area contributed by atoms with Crippen LogP contribution in [0.15, 0.2) is 75.5 Å². The van der Waals surface area contributed by atoms with Gasteiger partial charge in [-0.1, -0.05) is 24.3 Å². The number of thiophene rings is 2. The number of nitrogens with two attached hydrogens (primary N) is 2. The third kappa shape index (κ3) is 5.35. The Morgan fingerprint density at radius 3 is 2.40 bits per heavy atom. The Kier molecular flexibility index (Phi) is 7.40. The Morgan fingerprint density at radius 2 is 1.70 bits per heavy atom. The van der Waals surface area contributed by atoms with Gasteiger partial charge >= 0.3 is 0 Å². The second kappa shape index (κ2) is 10.2. The van der Waals surface area contributed by atoms with E-state index in [-0.39, 0.29) is 12.4 Å². The van der Waals surface area contributed by atoms with Gasteiger partial charge in [-0.25, -0.2) is 9.98 Å². The van der Waals surface area contributed by atoms with Gasteiger partial charge in [0, 0.05) is 18.5 Å². The fraction of sp³-hybridized carbons (Fsp3) is 0.0952. The van der Waals surface area contributed by atoms with Gasteiger partial charge in [-0.3, -0.25) is 4.99 Å². The maximum atomic E-state index is 6.10. The summed E-state index contributed by atoms with van der Waals surface area (Å²) >= 11 is 3.16. The Bertz CT molecular complexity index is 1130. The molecule has 0 spiro atoms. The molecule has 5 N–H and O–H groups in total. The van der Waals surface area contributed by atoms with Gasteiger partial charge in [-0.2, -0.15) is 0 Å². The highest BCUT2D eigenvalue weighted by Crippen LogP contribution is 2.23. The van der Waals surface area contributed by atoms with Gasteiger partial charge in [0.2, 0.25) is 0 Å². The molecule has 0 unspecified atom stereocenters. The van der Waals surface area contributed by atoms with Crippen LogP contribution in [0.2, 0.25) is 0 Å². The number of aliphatic imine (C=N–C) groups is 2. The van der Waals surface area contributed by atoms with Crippen molar-refractivity contribution >= 4 is 52.4 Å². The van der Waals surface area contributed by atoms with Crippen molar-refractivity contribution in [3.05, 3.63) is 81.1 Å². The molecular formula is C21H21ClN6S2. The van der Waals surface area contributed by atoms with E-state index >= 15 is 0 Å². The van der Waals surface area contributed by atoms with Crippen LogP contribution < -0.4 is 11.5 Å². The Labute approximate surface area is 188 Å². The fourth-order valence-corrected chi connectivity index (χ4v) is 4.06. The van der Waals surface area contributed by atoms with Crippen LogP contribution in [0.3, 0.4) is 0 Å². The highest BCUT2D eigenvalue weighted by Gasteiger charge is 2.06. The first-order chi connectivity index (χ1) is 14.2. The standard InChI is InChI=1S/C21H20N6S2.ClH/c22-20(17-6-2-10-28-17)24-9-8-19-25-13-16(27-19)14-4-1-5-15(12-14)26-21(23)18-7-3-11-29-18;/h1-7,10-13H,8-9H2,(H2,22,24)(H2,23,26)(H,25,27);1H. The molecule has 4 aromatic rings. The molecule has 0 amide bonds. The van der Waals surface area contributed by atoms with Crippen LogP contribution in [0.4, 0.5) is 5.69 Å². The second-order valence-electron chi connectivity index (χ2n) is 6.26. The van der Waals surface area contributed by atoms with E-state index < -0.39 is 0 Å². The van der Waals surface area contributed by atoms with Crippen LogP contribution in [-0.2, 0) is 6.42 Å². The first-order valence-corrected chi connectivity index (χ1v) is 10.8. The van der Waals surface area contributed by atoms with Crippen molar-refractivity contribution in [1.29, 1.82) is 0 Å². The summed E-state index contributed by atoms with van der Waals surface area (Å²) in [6.07, 6.45) is 2.52. The maximum Gasteiger partial charge on any atom is 0.141 e. The van der Waals surface area contributed by atoms with Crippen LogP contribution in [0.5, 0.6) is 0 Å². The largest absolute Gasteiger partial charge is 0.383 e. The first-order valence-electron chi connectivity index (χ1n) is 9.05. The van der Waals surface area contributed by atoms with E-state index in [0.29, 0.717) is 24.6 Å². The van der Waals surface area contributed by atoms with Crippen LogP contribution in [0.25, 0.3) is 11.3 Å². The van der Waals surface area contributed by atoms with Crippen molar-refractivity contribution in [2.24, 2.45) is 21.5 Å². The molecule has 4 rings (SSSR count). The number of H-pyrrole nitrogens is 1. The Morgan fingerprint density at radius 1 is 0.967 bits per heavy atom. The lowest BCUT2D eigenvalue weighted by atomic mass is 10.1. The predicted molar refractivity (Wildman–Crippen MR) is 130 cm³/mol. The molecule has 0 saturated carbocycles. The molecule has 0 radical (unpaired) electrons. The summed E-state index contributed by atoms with van der Waals surface area (Å²) < 4.78 is 0. The van der Waals surface area contributed by atoms with Gasteiger partial charge in [-0.15, -0.1) is 35.1 Å². The minimum absolute atomic E-state index is 0. The number of halogens is 1. The molecule has 0 aliphatic heterocycles. The van der Waals surface area contributed by atoms with Crippen LogP contribution in [0, 0.1) is 0 Å². The van der Waals surface area contributed by atoms with E-state index in [1.54, 1.807) is 22.7 Å². The number of hydrogen-bond acceptors (Lipinski definition) is 5. The van der Waals surface area contributed by atoms with E-state index in [4.69, 9.17) is 11.5 Å². The molecule has 6 nitrogen and oxygen atoms in total. The summed E-state index contributed by atoms with van der Waals surface area (Å²) in [4.78, 5) is 18.7. The predicted octanol–water partition coefficient (Wildman–Crippen LogP) is 4.61. The lowest BCUT2D eigenvalue weighted by molar-refractivity contribution is 0.894. The van der Waals surface area contributed by atoms with Crippen molar-refractivity contribution in [1.82, 2.24) is 9.97 Å². The molecule has 0 aliphatic rings. The van der Waals surface area contributed by atoms with Gasteiger partial charge in [0.25, 0.3) is 0 Å². The first kappa shape index (κ1) is 21.8. The molecule has 0 fully saturated rings. The highest BCUT2D eigenvalue weighted by molar-refractivity contribution is 7.12. The number of aromatic nitrogens is 2. The number of imidazole rings is 1. The number of rotatable bonds is 7. The zero-order valence-electron chi connectivity index (χ0n) is 16.0. The van der Waals surface area contributed by atoms with Crippen molar-refractivity contribution in [3.8, 4) is 11.3 Å². The van der Waals surface area contributed by atoms with Crippen molar-refractivity contribution in [3.63, 3.8) is 0 Å². The molecule has 9 heteroatoms. The van der Waals surface area contributed by atoms with Crippen LogP contribution >= 0.6 is 35.1 Å².